The Hall–Kier alpha value is -1.58. The smallest absolute Gasteiger partial charge is 0.305 e. The first-order valence-electron chi connectivity index (χ1n) is 5.33. The zero-order valence-corrected chi connectivity index (χ0v) is 9.33. The molecule has 4 heteroatoms. The number of rotatable bonds is 5. The Balaban J connectivity index is 2.40. The monoisotopic (exact) mass is 225 g/mol. The highest BCUT2D eigenvalue weighted by molar-refractivity contribution is 5.69. The highest BCUT2D eigenvalue weighted by Crippen LogP contribution is 2.15. The number of aryl methyl sites for hydroxylation is 1. The minimum atomic E-state index is -0.341. The molecule has 0 bridgehead atoms. The van der Waals surface area contributed by atoms with Crippen molar-refractivity contribution in [2.45, 2.75) is 26.2 Å². The molecule has 3 nitrogen and oxygen atoms in total. The SMILES string of the molecule is CCOC(=O)CCCc1ccc(F)cc1N. The highest BCUT2D eigenvalue weighted by atomic mass is 19.1. The van der Waals surface area contributed by atoms with Crippen molar-refractivity contribution < 1.29 is 13.9 Å². The van der Waals surface area contributed by atoms with E-state index in [1.807, 2.05) is 0 Å². The van der Waals surface area contributed by atoms with Crippen LogP contribution in [-0.4, -0.2) is 12.6 Å². The van der Waals surface area contributed by atoms with E-state index in [2.05, 4.69) is 0 Å². The summed E-state index contributed by atoms with van der Waals surface area (Å²) in [4.78, 5) is 11.1. The second-order valence-electron chi connectivity index (χ2n) is 3.50. The third-order valence-electron chi connectivity index (χ3n) is 2.24. The molecule has 0 fully saturated rings. The van der Waals surface area contributed by atoms with E-state index in [9.17, 15) is 9.18 Å². The van der Waals surface area contributed by atoms with E-state index in [0.717, 1.165) is 5.56 Å². The van der Waals surface area contributed by atoms with E-state index in [-0.39, 0.29) is 11.8 Å². The molecule has 0 heterocycles. The quantitative estimate of drug-likeness (QED) is 0.618. The highest BCUT2D eigenvalue weighted by Gasteiger charge is 2.04. The molecule has 2 N–H and O–H groups in total. The fraction of sp³-hybridized carbons (Fsp3) is 0.417. The lowest BCUT2D eigenvalue weighted by Crippen LogP contribution is -2.04. The largest absolute Gasteiger partial charge is 0.466 e. The van der Waals surface area contributed by atoms with Crippen LogP contribution in [0.1, 0.15) is 25.3 Å². The number of anilines is 1. The van der Waals surface area contributed by atoms with Crippen LogP contribution >= 0.6 is 0 Å². The average molecular weight is 225 g/mol. The topological polar surface area (TPSA) is 52.3 Å². The Morgan fingerprint density at radius 1 is 1.50 bits per heavy atom. The van der Waals surface area contributed by atoms with E-state index < -0.39 is 0 Å². The minimum absolute atomic E-state index is 0.205. The van der Waals surface area contributed by atoms with Crippen LogP contribution in [0.3, 0.4) is 0 Å². The van der Waals surface area contributed by atoms with Gasteiger partial charge in [-0.3, -0.25) is 4.79 Å². The standard InChI is InChI=1S/C12H16FNO2/c1-2-16-12(15)5-3-4-9-6-7-10(13)8-11(9)14/h6-8H,2-5,14H2,1H3. The first kappa shape index (κ1) is 12.5. The number of ether oxygens (including phenoxy) is 1. The van der Waals surface area contributed by atoms with Crippen LogP contribution in [0.5, 0.6) is 0 Å². The van der Waals surface area contributed by atoms with Crippen molar-refractivity contribution >= 4 is 11.7 Å². The molecule has 1 aromatic carbocycles. The van der Waals surface area contributed by atoms with Gasteiger partial charge in [-0.1, -0.05) is 6.07 Å². The molecule has 0 aromatic heterocycles. The number of nitrogen functional groups attached to an aromatic ring is 1. The van der Waals surface area contributed by atoms with Gasteiger partial charge in [0, 0.05) is 12.1 Å². The van der Waals surface area contributed by atoms with Crippen LogP contribution in [0.15, 0.2) is 18.2 Å². The summed E-state index contributed by atoms with van der Waals surface area (Å²) in [5.41, 5.74) is 6.94. The summed E-state index contributed by atoms with van der Waals surface area (Å²) in [5, 5.41) is 0. The molecule has 0 saturated heterocycles. The van der Waals surface area contributed by atoms with Crippen LogP contribution in [0.2, 0.25) is 0 Å². The average Bonchev–Trinajstić information content (AvgIpc) is 2.22. The third-order valence-corrected chi connectivity index (χ3v) is 2.24. The van der Waals surface area contributed by atoms with Crippen LogP contribution in [0, 0.1) is 5.82 Å². The second kappa shape index (κ2) is 6.10. The van der Waals surface area contributed by atoms with Crippen molar-refractivity contribution in [2.24, 2.45) is 0 Å². The van der Waals surface area contributed by atoms with Crippen LogP contribution in [0.25, 0.3) is 0 Å². The molecule has 0 radical (unpaired) electrons. The van der Waals surface area contributed by atoms with Crippen molar-refractivity contribution in [3.8, 4) is 0 Å². The molecule has 88 valence electrons. The van der Waals surface area contributed by atoms with Gasteiger partial charge in [0.05, 0.1) is 6.61 Å². The number of carbonyl (C=O) groups is 1. The van der Waals surface area contributed by atoms with E-state index >= 15 is 0 Å². The van der Waals surface area contributed by atoms with Gasteiger partial charge in [0.2, 0.25) is 0 Å². The van der Waals surface area contributed by atoms with Crippen LogP contribution < -0.4 is 5.73 Å². The summed E-state index contributed by atoms with van der Waals surface area (Å²) >= 11 is 0. The summed E-state index contributed by atoms with van der Waals surface area (Å²) in [6.45, 7) is 2.17. The molecule has 0 spiro atoms. The molecule has 1 aromatic rings. The summed E-state index contributed by atoms with van der Waals surface area (Å²) < 4.78 is 17.5. The van der Waals surface area contributed by atoms with Crippen LogP contribution in [-0.2, 0) is 16.0 Å². The van der Waals surface area contributed by atoms with Gasteiger partial charge in [-0.15, -0.1) is 0 Å². The molecule has 0 saturated carbocycles. The Labute approximate surface area is 94.4 Å². The number of benzene rings is 1. The van der Waals surface area contributed by atoms with E-state index in [1.165, 1.54) is 12.1 Å². The predicted octanol–water partition coefficient (Wildman–Crippen LogP) is 2.29. The zero-order valence-electron chi connectivity index (χ0n) is 9.33. The summed E-state index contributed by atoms with van der Waals surface area (Å²) in [5.74, 6) is -0.546. The Morgan fingerprint density at radius 3 is 2.88 bits per heavy atom. The minimum Gasteiger partial charge on any atom is -0.466 e. The summed E-state index contributed by atoms with van der Waals surface area (Å²) in [7, 11) is 0. The lowest BCUT2D eigenvalue weighted by Gasteiger charge is -2.05. The van der Waals surface area contributed by atoms with Gasteiger partial charge in [0.25, 0.3) is 0 Å². The maximum absolute atomic E-state index is 12.7. The van der Waals surface area contributed by atoms with E-state index in [0.29, 0.717) is 31.6 Å². The molecule has 1 rings (SSSR count). The third kappa shape index (κ3) is 3.88. The van der Waals surface area contributed by atoms with Gasteiger partial charge in [0.15, 0.2) is 0 Å². The fourth-order valence-corrected chi connectivity index (χ4v) is 1.45. The Kier molecular flexibility index (Phi) is 4.76. The molecular formula is C12H16FNO2. The van der Waals surface area contributed by atoms with E-state index in [1.54, 1.807) is 13.0 Å². The van der Waals surface area contributed by atoms with Crippen molar-refractivity contribution in [3.05, 3.63) is 29.6 Å². The lowest BCUT2D eigenvalue weighted by atomic mass is 10.1. The second-order valence-corrected chi connectivity index (χ2v) is 3.50. The van der Waals surface area contributed by atoms with Gasteiger partial charge >= 0.3 is 5.97 Å². The normalized spacial score (nSPS) is 10.1. The molecule has 16 heavy (non-hydrogen) atoms. The summed E-state index contributed by atoms with van der Waals surface area (Å²) in [6, 6.07) is 4.31. The van der Waals surface area contributed by atoms with Gasteiger partial charge < -0.3 is 10.5 Å². The Bertz CT molecular complexity index is 366. The lowest BCUT2D eigenvalue weighted by molar-refractivity contribution is -0.143. The van der Waals surface area contributed by atoms with Gasteiger partial charge in [-0.2, -0.15) is 0 Å². The summed E-state index contributed by atoms with van der Waals surface area (Å²) in [6.07, 6.45) is 1.68. The van der Waals surface area contributed by atoms with Crippen molar-refractivity contribution in [2.75, 3.05) is 12.3 Å². The zero-order chi connectivity index (χ0) is 12.0. The predicted molar refractivity (Wildman–Crippen MR) is 60.4 cm³/mol. The Morgan fingerprint density at radius 2 is 2.25 bits per heavy atom. The number of hydrogen-bond acceptors (Lipinski definition) is 3. The van der Waals surface area contributed by atoms with Crippen LogP contribution in [0.4, 0.5) is 10.1 Å². The first-order chi connectivity index (χ1) is 7.63. The molecule has 0 amide bonds. The number of halogens is 1. The van der Waals surface area contributed by atoms with Gasteiger partial charge in [0.1, 0.15) is 5.82 Å². The van der Waals surface area contributed by atoms with Crippen molar-refractivity contribution in [1.29, 1.82) is 0 Å². The molecule has 0 atom stereocenters. The van der Waals surface area contributed by atoms with Crippen molar-refractivity contribution in [3.63, 3.8) is 0 Å². The fourth-order valence-electron chi connectivity index (χ4n) is 1.45. The molecule has 0 aliphatic heterocycles. The van der Waals surface area contributed by atoms with Crippen molar-refractivity contribution in [1.82, 2.24) is 0 Å². The number of esters is 1. The molecule has 0 unspecified atom stereocenters. The number of hydrogen-bond donors (Lipinski definition) is 1. The molecule has 0 aliphatic rings. The number of nitrogens with two attached hydrogens (primary N) is 1. The maximum Gasteiger partial charge on any atom is 0.305 e. The van der Waals surface area contributed by atoms with Gasteiger partial charge in [-0.25, -0.2) is 4.39 Å². The first-order valence-corrected chi connectivity index (χ1v) is 5.33. The van der Waals surface area contributed by atoms with E-state index in [4.69, 9.17) is 10.5 Å². The number of carbonyl (C=O) groups excluding carboxylic acids is 1. The maximum atomic E-state index is 12.7. The molecular weight excluding hydrogens is 209 g/mol. The van der Waals surface area contributed by atoms with Gasteiger partial charge in [-0.05, 0) is 37.5 Å². The molecule has 0 aliphatic carbocycles.